The number of unbranched alkanes of at least 4 members (excludes halogenated alkanes) is 15. The first-order valence-corrected chi connectivity index (χ1v) is 13.7. The Hall–Kier alpha value is -0.730. The molecule has 0 radical (unpaired) electrons. The van der Waals surface area contributed by atoms with Crippen LogP contribution in [0.25, 0.3) is 0 Å². The van der Waals surface area contributed by atoms with Crippen molar-refractivity contribution in [2.45, 2.75) is 135 Å². The molecule has 1 aliphatic carbocycles. The summed E-state index contributed by atoms with van der Waals surface area (Å²) in [5.41, 5.74) is 2.92. The number of halogens is 1. The fourth-order valence-electron chi connectivity index (χ4n) is 5.12. The van der Waals surface area contributed by atoms with Gasteiger partial charge in [-0.25, -0.2) is 0 Å². The van der Waals surface area contributed by atoms with Gasteiger partial charge in [-0.1, -0.05) is 115 Å². The Kier molecular flexibility index (Phi) is 18.1. The van der Waals surface area contributed by atoms with Crippen molar-refractivity contribution < 1.29 is 4.74 Å². The Morgan fingerprint density at radius 1 is 0.781 bits per heavy atom. The molecule has 0 aliphatic heterocycles. The average Bonchev–Trinajstić information content (AvgIpc) is 2.80. The summed E-state index contributed by atoms with van der Waals surface area (Å²) in [5.74, 6) is 1.08. The molecular formula is C29H52ClNO. The summed E-state index contributed by atoms with van der Waals surface area (Å²) in [6.45, 7) is 3.48. The fraction of sp³-hybridized carbons (Fsp3) is 0.793. The zero-order valence-electron chi connectivity index (χ0n) is 21.3. The maximum absolute atomic E-state index is 5.52. The number of nitrogens with one attached hydrogen (secondary N) is 1. The number of hydrogen-bond acceptors (Lipinski definition) is 2. The molecule has 186 valence electrons. The van der Waals surface area contributed by atoms with Gasteiger partial charge in [-0.05, 0) is 49.4 Å². The lowest BCUT2D eigenvalue weighted by Crippen LogP contribution is -2.35. The van der Waals surface area contributed by atoms with Gasteiger partial charge in [0.15, 0.2) is 0 Å². The maximum atomic E-state index is 5.52. The maximum Gasteiger partial charge on any atom is 0.122 e. The number of benzene rings is 1. The Morgan fingerprint density at radius 3 is 1.84 bits per heavy atom. The SMILES string of the molecule is CCCCCCCCCCCCCCCCCCNC1CCc2c(cccc2OC)C1.Cl. The molecule has 1 aromatic rings. The van der Waals surface area contributed by atoms with Gasteiger partial charge in [-0.3, -0.25) is 0 Å². The summed E-state index contributed by atoms with van der Waals surface area (Å²) < 4.78 is 5.52. The number of ether oxygens (including phenoxy) is 1. The van der Waals surface area contributed by atoms with Crippen LogP contribution in [0.5, 0.6) is 5.75 Å². The standard InChI is InChI=1S/C29H51NO.ClH/c1-3-4-5-6-7-8-9-10-11-12-13-14-15-16-17-18-24-30-27-22-23-28-26(25-27)20-19-21-29(28)31-2;/h19-21,27,30H,3-18,22-25H2,1-2H3;1H. The molecule has 0 aromatic heterocycles. The molecule has 1 aliphatic rings. The average molecular weight is 466 g/mol. The van der Waals surface area contributed by atoms with Gasteiger partial charge in [-0.2, -0.15) is 0 Å². The van der Waals surface area contributed by atoms with Crippen molar-refractivity contribution >= 4 is 12.4 Å². The van der Waals surface area contributed by atoms with E-state index >= 15 is 0 Å². The Bertz CT molecular complexity index is 562. The Labute approximate surface area is 206 Å². The van der Waals surface area contributed by atoms with E-state index in [0.717, 1.165) is 18.6 Å². The van der Waals surface area contributed by atoms with E-state index in [4.69, 9.17) is 4.74 Å². The molecule has 3 heteroatoms. The minimum absolute atomic E-state index is 0. The van der Waals surface area contributed by atoms with Crippen LogP contribution >= 0.6 is 12.4 Å². The van der Waals surface area contributed by atoms with E-state index in [0.29, 0.717) is 6.04 Å². The van der Waals surface area contributed by atoms with Crippen molar-refractivity contribution in [1.29, 1.82) is 0 Å². The van der Waals surface area contributed by atoms with Crippen LogP contribution in [0.3, 0.4) is 0 Å². The number of fused-ring (bicyclic) bond motifs is 1. The van der Waals surface area contributed by atoms with Crippen molar-refractivity contribution in [2.75, 3.05) is 13.7 Å². The van der Waals surface area contributed by atoms with E-state index in [2.05, 4.69) is 30.4 Å². The van der Waals surface area contributed by atoms with E-state index in [1.807, 2.05) is 0 Å². The molecule has 2 nitrogen and oxygen atoms in total. The van der Waals surface area contributed by atoms with Crippen LogP contribution in [0.2, 0.25) is 0 Å². The summed E-state index contributed by atoms with van der Waals surface area (Å²) in [6, 6.07) is 7.16. The molecule has 1 atom stereocenters. The van der Waals surface area contributed by atoms with Crippen molar-refractivity contribution in [1.82, 2.24) is 5.32 Å². The van der Waals surface area contributed by atoms with Crippen LogP contribution in [0.4, 0.5) is 0 Å². The molecular weight excluding hydrogens is 414 g/mol. The van der Waals surface area contributed by atoms with E-state index in [1.54, 1.807) is 7.11 Å². The van der Waals surface area contributed by atoms with Gasteiger partial charge in [0.2, 0.25) is 0 Å². The predicted octanol–water partition coefficient (Wildman–Crippen LogP) is 8.83. The summed E-state index contributed by atoms with van der Waals surface area (Å²) in [5, 5.41) is 3.81. The molecule has 0 amide bonds. The fourth-order valence-corrected chi connectivity index (χ4v) is 5.12. The molecule has 1 aromatic carbocycles. The van der Waals surface area contributed by atoms with Crippen molar-refractivity contribution in [2.24, 2.45) is 0 Å². The third-order valence-electron chi connectivity index (χ3n) is 7.12. The normalized spacial score (nSPS) is 15.2. The molecule has 0 saturated carbocycles. The minimum Gasteiger partial charge on any atom is -0.496 e. The molecule has 0 heterocycles. The largest absolute Gasteiger partial charge is 0.496 e. The van der Waals surface area contributed by atoms with Crippen molar-refractivity contribution in [3.63, 3.8) is 0 Å². The third kappa shape index (κ3) is 12.5. The Morgan fingerprint density at radius 2 is 1.31 bits per heavy atom. The van der Waals surface area contributed by atoms with Gasteiger partial charge in [0.05, 0.1) is 7.11 Å². The number of methoxy groups -OCH3 is 1. The lowest BCUT2D eigenvalue weighted by Gasteiger charge is -2.26. The van der Waals surface area contributed by atoms with Crippen molar-refractivity contribution in [3.8, 4) is 5.75 Å². The second-order valence-corrected chi connectivity index (χ2v) is 9.80. The highest BCUT2D eigenvalue weighted by Crippen LogP contribution is 2.29. The topological polar surface area (TPSA) is 21.3 Å². The zero-order valence-corrected chi connectivity index (χ0v) is 22.1. The summed E-state index contributed by atoms with van der Waals surface area (Å²) >= 11 is 0. The van der Waals surface area contributed by atoms with Crippen molar-refractivity contribution in [3.05, 3.63) is 29.3 Å². The second kappa shape index (κ2) is 19.7. The van der Waals surface area contributed by atoms with Crippen LogP contribution in [0.15, 0.2) is 18.2 Å². The monoisotopic (exact) mass is 465 g/mol. The van der Waals surface area contributed by atoms with Crippen LogP contribution < -0.4 is 10.1 Å². The van der Waals surface area contributed by atoms with Crippen LogP contribution in [-0.2, 0) is 12.8 Å². The molecule has 0 fully saturated rings. The molecule has 0 spiro atoms. The second-order valence-electron chi connectivity index (χ2n) is 9.80. The third-order valence-corrected chi connectivity index (χ3v) is 7.12. The molecule has 1 N–H and O–H groups in total. The highest BCUT2D eigenvalue weighted by Gasteiger charge is 2.20. The molecule has 32 heavy (non-hydrogen) atoms. The number of rotatable bonds is 19. The number of hydrogen-bond donors (Lipinski definition) is 1. The van der Waals surface area contributed by atoms with E-state index in [9.17, 15) is 0 Å². The van der Waals surface area contributed by atoms with Gasteiger partial charge < -0.3 is 10.1 Å². The van der Waals surface area contributed by atoms with E-state index < -0.39 is 0 Å². The first-order chi connectivity index (χ1) is 15.3. The van der Waals surface area contributed by atoms with Gasteiger partial charge >= 0.3 is 0 Å². The zero-order chi connectivity index (χ0) is 22.0. The first-order valence-electron chi connectivity index (χ1n) is 13.7. The molecule has 2 rings (SSSR count). The van der Waals surface area contributed by atoms with Gasteiger partial charge in [0, 0.05) is 6.04 Å². The van der Waals surface area contributed by atoms with Crippen LogP contribution in [-0.4, -0.2) is 19.7 Å². The highest BCUT2D eigenvalue weighted by atomic mass is 35.5. The lowest BCUT2D eigenvalue weighted by atomic mass is 9.87. The summed E-state index contributed by atoms with van der Waals surface area (Å²) in [6.07, 6.45) is 26.6. The first kappa shape index (κ1) is 29.3. The molecule has 0 saturated heterocycles. The van der Waals surface area contributed by atoms with Crippen LogP contribution in [0.1, 0.15) is 127 Å². The molecule has 1 unspecified atom stereocenters. The highest BCUT2D eigenvalue weighted by molar-refractivity contribution is 5.85. The minimum atomic E-state index is 0. The van der Waals surface area contributed by atoms with Gasteiger partial charge in [-0.15, -0.1) is 12.4 Å². The quantitative estimate of drug-likeness (QED) is 0.206. The van der Waals surface area contributed by atoms with E-state index in [-0.39, 0.29) is 12.4 Å². The van der Waals surface area contributed by atoms with Gasteiger partial charge in [0.25, 0.3) is 0 Å². The summed E-state index contributed by atoms with van der Waals surface area (Å²) in [4.78, 5) is 0. The van der Waals surface area contributed by atoms with Crippen LogP contribution in [0, 0.1) is 0 Å². The smallest absolute Gasteiger partial charge is 0.122 e. The predicted molar refractivity (Wildman–Crippen MR) is 144 cm³/mol. The Balaban J connectivity index is 0.00000512. The molecule has 0 bridgehead atoms. The lowest BCUT2D eigenvalue weighted by molar-refractivity contribution is 0.396. The summed E-state index contributed by atoms with van der Waals surface area (Å²) in [7, 11) is 1.79. The van der Waals surface area contributed by atoms with E-state index in [1.165, 1.54) is 127 Å². The van der Waals surface area contributed by atoms with Gasteiger partial charge in [0.1, 0.15) is 5.75 Å².